The fourth-order valence-electron chi connectivity index (χ4n) is 2.23. The van der Waals surface area contributed by atoms with Gasteiger partial charge in [-0.15, -0.1) is 0 Å². The summed E-state index contributed by atoms with van der Waals surface area (Å²) in [6.45, 7) is 0. The molecule has 0 saturated heterocycles. The van der Waals surface area contributed by atoms with Gasteiger partial charge in [0.15, 0.2) is 0 Å². The van der Waals surface area contributed by atoms with Gasteiger partial charge in [0, 0.05) is 12.1 Å². The molecular formula is C18H13ClF2N4O2. The molecular weight excluding hydrogens is 378 g/mol. The minimum absolute atomic E-state index is 0.0618. The molecule has 0 bridgehead atoms. The number of halogens is 3. The molecule has 0 unspecified atom stereocenters. The van der Waals surface area contributed by atoms with Crippen LogP contribution in [0.2, 0.25) is 5.02 Å². The van der Waals surface area contributed by atoms with Gasteiger partial charge in [0.25, 0.3) is 0 Å². The molecule has 1 heterocycles. The summed E-state index contributed by atoms with van der Waals surface area (Å²) in [7, 11) is 1.28. The van der Waals surface area contributed by atoms with Crippen LogP contribution in [-0.2, 0) is 4.74 Å². The summed E-state index contributed by atoms with van der Waals surface area (Å²) in [6.07, 6.45) is 1.25. The van der Waals surface area contributed by atoms with Gasteiger partial charge in [-0.1, -0.05) is 11.6 Å². The van der Waals surface area contributed by atoms with Crippen LogP contribution in [0.1, 0.15) is 10.4 Å². The van der Waals surface area contributed by atoms with Gasteiger partial charge in [-0.3, -0.25) is 0 Å². The van der Waals surface area contributed by atoms with E-state index in [1.165, 1.54) is 37.7 Å². The van der Waals surface area contributed by atoms with E-state index in [0.717, 1.165) is 12.1 Å². The Hall–Kier alpha value is -3.26. The number of ether oxygens (including phenoxy) is 1. The number of esters is 1. The van der Waals surface area contributed by atoms with E-state index in [0.29, 0.717) is 22.1 Å². The van der Waals surface area contributed by atoms with E-state index in [4.69, 9.17) is 11.6 Å². The Morgan fingerprint density at radius 3 is 2.37 bits per heavy atom. The van der Waals surface area contributed by atoms with Crippen molar-refractivity contribution in [2.75, 3.05) is 17.7 Å². The molecule has 0 aliphatic carbocycles. The lowest BCUT2D eigenvalue weighted by Gasteiger charge is -2.11. The summed E-state index contributed by atoms with van der Waals surface area (Å²) >= 11 is 6.14. The van der Waals surface area contributed by atoms with Crippen LogP contribution in [0.5, 0.6) is 0 Å². The molecule has 0 radical (unpaired) electrons. The third-order valence-corrected chi connectivity index (χ3v) is 3.84. The van der Waals surface area contributed by atoms with Crippen molar-refractivity contribution in [2.24, 2.45) is 0 Å². The zero-order valence-electron chi connectivity index (χ0n) is 14.0. The maximum Gasteiger partial charge on any atom is 0.337 e. The SMILES string of the molecule is COC(=O)c1ccc(Cl)c(Nc2cc(Nc3ccc(F)cc3F)ncn2)c1. The van der Waals surface area contributed by atoms with E-state index in [1.807, 2.05) is 0 Å². The van der Waals surface area contributed by atoms with Crippen molar-refractivity contribution in [1.82, 2.24) is 9.97 Å². The van der Waals surface area contributed by atoms with Crippen molar-refractivity contribution in [3.63, 3.8) is 0 Å². The summed E-state index contributed by atoms with van der Waals surface area (Å²) in [5, 5.41) is 6.06. The Labute approximate surface area is 158 Å². The van der Waals surface area contributed by atoms with E-state index in [1.54, 1.807) is 6.07 Å². The van der Waals surface area contributed by atoms with E-state index in [9.17, 15) is 13.6 Å². The van der Waals surface area contributed by atoms with Gasteiger partial charge in [0.2, 0.25) is 0 Å². The highest BCUT2D eigenvalue weighted by Gasteiger charge is 2.11. The van der Waals surface area contributed by atoms with Crippen LogP contribution in [0.3, 0.4) is 0 Å². The number of carbonyl (C=O) groups is 1. The van der Waals surface area contributed by atoms with Crippen LogP contribution < -0.4 is 10.6 Å². The molecule has 2 N–H and O–H groups in total. The molecule has 2 aromatic carbocycles. The molecule has 0 saturated carbocycles. The third kappa shape index (κ3) is 4.48. The van der Waals surface area contributed by atoms with Crippen LogP contribution in [0.15, 0.2) is 48.8 Å². The van der Waals surface area contributed by atoms with Gasteiger partial charge < -0.3 is 15.4 Å². The number of nitrogens with zero attached hydrogens (tertiary/aromatic N) is 2. The van der Waals surface area contributed by atoms with Gasteiger partial charge >= 0.3 is 5.97 Å². The lowest BCUT2D eigenvalue weighted by molar-refractivity contribution is 0.0601. The molecule has 0 aliphatic rings. The second-order valence-corrected chi connectivity index (χ2v) is 5.76. The predicted molar refractivity (Wildman–Crippen MR) is 97.7 cm³/mol. The third-order valence-electron chi connectivity index (χ3n) is 3.51. The first-order chi connectivity index (χ1) is 13.0. The maximum absolute atomic E-state index is 13.8. The highest BCUT2D eigenvalue weighted by molar-refractivity contribution is 6.33. The number of hydrogen-bond acceptors (Lipinski definition) is 6. The van der Waals surface area contributed by atoms with Crippen molar-refractivity contribution in [1.29, 1.82) is 0 Å². The van der Waals surface area contributed by atoms with Crippen molar-refractivity contribution in [3.8, 4) is 0 Å². The van der Waals surface area contributed by atoms with E-state index < -0.39 is 17.6 Å². The van der Waals surface area contributed by atoms with E-state index in [-0.39, 0.29) is 11.5 Å². The van der Waals surface area contributed by atoms with E-state index >= 15 is 0 Å². The minimum atomic E-state index is -0.753. The Kier molecular flexibility index (Phi) is 5.46. The first kappa shape index (κ1) is 18.5. The number of rotatable bonds is 5. The van der Waals surface area contributed by atoms with Crippen molar-refractivity contribution in [3.05, 3.63) is 71.0 Å². The number of hydrogen-bond donors (Lipinski definition) is 2. The molecule has 9 heteroatoms. The molecule has 0 atom stereocenters. The number of aromatic nitrogens is 2. The van der Waals surface area contributed by atoms with Crippen molar-refractivity contribution < 1.29 is 18.3 Å². The monoisotopic (exact) mass is 390 g/mol. The molecule has 3 aromatic rings. The first-order valence-corrected chi connectivity index (χ1v) is 8.03. The Balaban J connectivity index is 1.83. The van der Waals surface area contributed by atoms with Gasteiger partial charge in [-0.2, -0.15) is 0 Å². The zero-order chi connectivity index (χ0) is 19.4. The topological polar surface area (TPSA) is 76.1 Å². The van der Waals surface area contributed by atoms with Gasteiger partial charge in [-0.05, 0) is 30.3 Å². The van der Waals surface area contributed by atoms with Crippen LogP contribution in [-0.4, -0.2) is 23.0 Å². The zero-order valence-corrected chi connectivity index (χ0v) is 14.7. The molecule has 3 rings (SSSR count). The average Bonchev–Trinajstić information content (AvgIpc) is 2.65. The van der Waals surface area contributed by atoms with Gasteiger partial charge in [0.1, 0.15) is 29.6 Å². The molecule has 0 amide bonds. The summed E-state index contributed by atoms with van der Waals surface area (Å²) in [5.74, 6) is -1.32. The molecule has 138 valence electrons. The summed E-state index contributed by atoms with van der Waals surface area (Å²) in [5.41, 5.74) is 0.800. The first-order valence-electron chi connectivity index (χ1n) is 7.65. The maximum atomic E-state index is 13.8. The van der Waals surface area contributed by atoms with Crippen LogP contribution in [0.4, 0.5) is 31.8 Å². The Bertz CT molecular complexity index is 1000. The molecule has 0 fully saturated rings. The number of benzene rings is 2. The van der Waals surface area contributed by atoms with Crippen molar-refractivity contribution in [2.45, 2.75) is 0 Å². The lowest BCUT2D eigenvalue weighted by Crippen LogP contribution is -2.03. The van der Waals surface area contributed by atoms with Gasteiger partial charge in [0.05, 0.1) is 29.1 Å². The second-order valence-electron chi connectivity index (χ2n) is 5.35. The molecule has 0 aliphatic heterocycles. The average molecular weight is 391 g/mol. The smallest absolute Gasteiger partial charge is 0.337 e. The summed E-state index contributed by atoms with van der Waals surface area (Å²) < 4.78 is 31.4. The molecule has 27 heavy (non-hydrogen) atoms. The standard InChI is InChI=1S/C18H13ClF2N4O2/c1-27-18(26)10-2-4-12(19)15(6-10)25-17-8-16(22-9-23-17)24-14-5-3-11(20)7-13(14)21/h2-9H,1H3,(H2,22,23,24,25). The fourth-order valence-corrected chi connectivity index (χ4v) is 2.39. The summed E-state index contributed by atoms with van der Waals surface area (Å²) in [6, 6.07) is 9.25. The minimum Gasteiger partial charge on any atom is -0.465 e. The highest BCUT2D eigenvalue weighted by Crippen LogP contribution is 2.27. The Morgan fingerprint density at radius 2 is 1.70 bits per heavy atom. The van der Waals surface area contributed by atoms with Crippen molar-refractivity contribution >= 4 is 40.6 Å². The number of nitrogens with one attached hydrogen (secondary N) is 2. The van der Waals surface area contributed by atoms with Crippen LogP contribution in [0.25, 0.3) is 0 Å². The second kappa shape index (κ2) is 7.96. The number of methoxy groups -OCH3 is 1. The molecule has 0 spiro atoms. The molecule has 6 nitrogen and oxygen atoms in total. The normalized spacial score (nSPS) is 10.4. The number of anilines is 4. The van der Waals surface area contributed by atoms with Crippen LogP contribution >= 0.6 is 11.6 Å². The van der Waals surface area contributed by atoms with Crippen LogP contribution in [0, 0.1) is 11.6 Å². The lowest BCUT2D eigenvalue weighted by atomic mass is 10.2. The number of carbonyl (C=O) groups excluding carboxylic acids is 1. The van der Waals surface area contributed by atoms with E-state index in [2.05, 4.69) is 25.3 Å². The fraction of sp³-hybridized carbons (Fsp3) is 0.0556. The molecule has 1 aromatic heterocycles. The quantitative estimate of drug-likeness (QED) is 0.616. The summed E-state index contributed by atoms with van der Waals surface area (Å²) in [4.78, 5) is 19.7. The Morgan fingerprint density at radius 1 is 1.00 bits per heavy atom. The highest BCUT2D eigenvalue weighted by atomic mass is 35.5. The largest absolute Gasteiger partial charge is 0.465 e. The van der Waals surface area contributed by atoms with Gasteiger partial charge in [-0.25, -0.2) is 23.5 Å². The predicted octanol–water partition coefficient (Wildman–Crippen LogP) is 4.68.